The number of carbonyl (C=O) groups excluding carboxylic acids is 2. The van der Waals surface area contributed by atoms with Crippen molar-refractivity contribution in [3.63, 3.8) is 0 Å². The first kappa shape index (κ1) is 23.3. The lowest BCUT2D eigenvalue weighted by molar-refractivity contribution is -0.118. The van der Waals surface area contributed by atoms with E-state index in [4.69, 9.17) is 0 Å². The zero-order chi connectivity index (χ0) is 23.2. The molecular weight excluding hydrogens is 568 g/mol. The second-order valence-electron chi connectivity index (χ2n) is 7.13. The van der Waals surface area contributed by atoms with E-state index in [1.165, 1.54) is 11.3 Å². The first-order valence-electron chi connectivity index (χ1n) is 9.98. The molecule has 0 spiro atoms. The molecule has 1 atom stereocenters. The van der Waals surface area contributed by atoms with E-state index in [1.807, 2.05) is 54.6 Å². The van der Waals surface area contributed by atoms with Gasteiger partial charge in [-0.1, -0.05) is 85.7 Å². The molecule has 6 nitrogen and oxygen atoms in total. The molecule has 166 valence electrons. The first-order chi connectivity index (χ1) is 16.0. The highest BCUT2D eigenvalue weighted by Gasteiger charge is 2.23. The summed E-state index contributed by atoms with van der Waals surface area (Å²) in [7, 11) is 0. The fourth-order valence-corrected chi connectivity index (χ4v) is 4.36. The van der Waals surface area contributed by atoms with Gasteiger partial charge in [0, 0.05) is 26.5 Å². The van der Waals surface area contributed by atoms with Crippen molar-refractivity contribution in [2.24, 2.45) is 0 Å². The molecule has 0 aliphatic rings. The zero-order valence-electron chi connectivity index (χ0n) is 17.2. The van der Waals surface area contributed by atoms with Crippen LogP contribution < -0.4 is 10.6 Å². The third kappa shape index (κ3) is 6.34. The Hall–Kier alpha value is -2.88. The number of aromatic nitrogens is 2. The Kier molecular flexibility index (Phi) is 7.64. The summed E-state index contributed by atoms with van der Waals surface area (Å²) in [6, 6.07) is 23.4. The van der Waals surface area contributed by atoms with E-state index >= 15 is 0 Å². The van der Waals surface area contributed by atoms with E-state index in [-0.39, 0.29) is 11.8 Å². The maximum Gasteiger partial charge on any atom is 0.251 e. The maximum absolute atomic E-state index is 13.1. The molecule has 0 bridgehead atoms. The van der Waals surface area contributed by atoms with Crippen LogP contribution in [-0.4, -0.2) is 28.1 Å². The van der Waals surface area contributed by atoms with Gasteiger partial charge in [-0.05, 0) is 42.0 Å². The highest BCUT2D eigenvalue weighted by molar-refractivity contribution is 9.10. The number of nitrogens with one attached hydrogen (secondary N) is 2. The molecule has 1 heterocycles. The van der Waals surface area contributed by atoms with Gasteiger partial charge in [-0.2, -0.15) is 0 Å². The van der Waals surface area contributed by atoms with Crippen LogP contribution in [0.4, 0.5) is 5.13 Å². The predicted octanol–water partition coefficient (Wildman–Crippen LogP) is 5.71. The topological polar surface area (TPSA) is 84.0 Å². The van der Waals surface area contributed by atoms with E-state index in [0.29, 0.717) is 22.1 Å². The summed E-state index contributed by atoms with van der Waals surface area (Å²) in [5, 5.41) is 15.0. The largest absolute Gasteiger partial charge is 0.340 e. The lowest BCUT2D eigenvalue weighted by Gasteiger charge is -2.18. The van der Waals surface area contributed by atoms with Crippen LogP contribution in [0, 0.1) is 0 Å². The minimum atomic E-state index is -0.788. The molecule has 4 rings (SSSR count). The van der Waals surface area contributed by atoms with Crippen LogP contribution >= 0.6 is 43.2 Å². The molecule has 0 unspecified atom stereocenters. The van der Waals surface area contributed by atoms with Crippen molar-refractivity contribution < 1.29 is 9.59 Å². The summed E-state index contributed by atoms with van der Waals surface area (Å²) in [6.45, 7) is 0. The number of nitrogens with zero attached hydrogens (tertiary/aromatic N) is 2. The monoisotopic (exact) mass is 584 g/mol. The van der Waals surface area contributed by atoms with Crippen LogP contribution in [0.5, 0.6) is 0 Å². The van der Waals surface area contributed by atoms with E-state index < -0.39 is 6.04 Å². The summed E-state index contributed by atoms with van der Waals surface area (Å²) >= 11 is 8.05. The highest BCUT2D eigenvalue weighted by Crippen LogP contribution is 2.27. The standard InChI is InChI=1S/C24H18Br2N4O2S/c25-18-10-6-16(7-11-18)21(31)27-20(14-15-4-2-1-3-5-15)22(32)28-24-30-29-23(33-24)17-8-12-19(26)13-9-17/h1-13,20H,14H2,(H,27,31)(H,28,30,32)/t20-/m1/s1. The number of hydrogen-bond acceptors (Lipinski definition) is 5. The maximum atomic E-state index is 13.1. The summed E-state index contributed by atoms with van der Waals surface area (Å²) in [5.41, 5.74) is 2.31. The summed E-state index contributed by atoms with van der Waals surface area (Å²) in [5.74, 6) is -0.686. The molecule has 9 heteroatoms. The number of rotatable bonds is 7. The number of benzene rings is 3. The van der Waals surface area contributed by atoms with E-state index in [1.54, 1.807) is 24.3 Å². The van der Waals surface area contributed by atoms with Crippen LogP contribution in [0.3, 0.4) is 0 Å². The van der Waals surface area contributed by atoms with Gasteiger partial charge in [0.1, 0.15) is 11.0 Å². The number of amides is 2. The van der Waals surface area contributed by atoms with Gasteiger partial charge in [-0.25, -0.2) is 0 Å². The van der Waals surface area contributed by atoms with Gasteiger partial charge in [0.25, 0.3) is 5.91 Å². The zero-order valence-corrected chi connectivity index (χ0v) is 21.2. The van der Waals surface area contributed by atoms with Gasteiger partial charge in [0.05, 0.1) is 0 Å². The van der Waals surface area contributed by atoms with Gasteiger partial charge < -0.3 is 5.32 Å². The first-order valence-corrected chi connectivity index (χ1v) is 12.4. The lowest BCUT2D eigenvalue weighted by Crippen LogP contribution is -2.45. The number of carbonyl (C=O) groups is 2. The summed E-state index contributed by atoms with van der Waals surface area (Å²) in [6.07, 6.45) is 0.341. The van der Waals surface area contributed by atoms with Crippen LogP contribution in [-0.2, 0) is 11.2 Å². The second-order valence-corrected chi connectivity index (χ2v) is 9.94. The van der Waals surface area contributed by atoms with Crippen molar-refractivity contribution in [1.29, 1.82) is 0 Å². The van der Waals surface area contributed by atoms with Crippen LogP contribution in [0.25, 0.3) is 10.6 Å². The van der Waals surface area contributed by atoms with Crippen LogP contribution in [0.2, 0.25) is 0 Å². The Balaban J connectivity index is 1.50. The Morgan fingerprint density at radius 3 is 2.15 bits per heavy atom. The summed E-state index contributed by atoms with van der Waals surface area (Å²) in [4.78, 5) is 25.9. The summed E-state index contributed by atoms with van der Waals surface area (Å²) < 4.78 is 1.84. The fourth-order valence-electron chi connectivity index (χ4n) is 3.08. The van der Waals surface area contributed by atoms with Gasteiger partial charge >= 0.3 is 0 Å². The van der Waals surface area contributed by atoms with E-state index in [2.05, 4.69) is 52.7 Å². The highest BCUT2D eigenvalue weighted by atomic mass is 79.9. The Labute approximate surface area is 211 Å². The molecule has 1 aromatic heterocycles. The molecule has 3 aromatic carbocycles. The quantitative estimate of drug-likeness (QED) is 0.291. The molecule has 2 amide bonds. The Bertz CT molecular complexity index is 1250. The van der Waals surface area contributed by atoms with Gasteiger partial charge in [0.15, 0.2) is 0 Å². The number of halogens is 2. The molecule has 0 saturated carbocycles. The smallest absolute Gasteiger partial charge is 0.251 e. The number of hydrogen-bond donors (Lipinski definition) is 2. The molecule has 33 heavy (non-hydrogen) atoms. The number of anilines is 1. The molecule has 0 radical (unpaired) electrons. The molecule has 0 aliphatic heterocycles. The average Bonchev–Trinajstić information content (AvgIpc) is 3.28. The van der Waals surface area contributed by atoms with E-state index in [0.717, 1.165) is 20.1 Å². The third-order valence-corrected chi connectivity index (χ3v) is 6.70. The molecule has 0 fully saturated rings. The van der Waals surface area contributed by atoms with Crippen LogP contribution in [0.1, 0.15) is 15.9 Å². The molecule has 4 aromatic rings. The van der Waals surface area contributed by atoms with Crippen molar-refractivity contribution in [3.05, 3.63) is 98.9 Å². The van der Waals surface area contributed by atoms with Gasteiger partial charge in [-0.15, -0.1) is 10.2 Å². The Morgan fingerprint density at radius 1 is 0.848 bits per heavy atom. The normalized spacial score (nSPS) is 11.6. The molecule has 2 N–H and O–H groups in total. The predicted molar refractivity (Wildman–Crippen MR) is 137 cm³/mol. The molecule has 0 saturated heterocycles. The van der Waals surface area contributed by atoms with Crippen LogP contribution in [0.15, 0.2) is 87.8 Å². The van der Waals surface area contributed by atoms with Gasteiger partial charge in [-0.3, -0.25) is 14.9 Å². The minimum absolute atomic E-state index is 0.327. The Morgan fingerprint density at radius 2 is 1.48 bits per heavy atom. The van der Waals surface area contributed by atoms with Crippen molar-refractivity contribution in [2.75, 3.05) is 5.32 Å². The van der Waals surface area contributed by atoms with Crippen molar-refractivity contribution in [1.82, 2.24) is 15.5 Å². The fraction of sp³-hybridized carbons (Fsp3) is 0.0833. The molecular formula is C24H18Br2N4O2S. The van der Waals surface area contributed by atoms with Crippen molar-refractivity contribution in [2.45, 2.75) is 12.5 Å². The minimum Gasteiger partial charge on any atom is -0.340 e. The lowest BCUT2D eigenvalue weighted by atomic mass is 10.0. The SMILES string of the molecule is O=C(N[C@H](Cc1ccccc1)C(=O)Nc1nnc(-c2ccc(Br)cc2)s1)c1ccc(Br)cc1. The van der Waals surface area contributed by atoms with Gasteiger partial charge in [0.2, 0.25) is 11.0 Å². The average molecular weight is 586 g/mol. The molecule has 0 aliphatic carbocycles. The van der Waals surface area contributed by atoms with Crippen molar-refractivity contribution in [3.8, 4) is 10.6 Å². The third-order valence-electron chi connectivity index (χ3n) is 4.76. The second kappa shape index (κ2) is 10.8. The van der Waals surface area contributed by atoms with E-state index in [9.17, 15) is 9.59 Å². The van der Waals surface area contributed by atoms with Crippen molar-refractivity contribution >= 4 is 60.1 Å².